The number of carbonyl (C=O) groups is 3. The molecule has 4 aliphatic carbocycles. The fourth-order valence-corrected chi connectivity index (χ4v) is 5.72. The van der Waals surface area contributed by atoms with Gasteiger partial charge >= 0.3 is 0 Å². The maximum absolute atomic E-state index is 13.1. The lowest BCUT2D eigenvalue weighted by molar-refractivity contribution is -0.146. The van der Waals surface area contributed by atoms with Crippen molar-refractivity contribution in [3.05, 3.63) is 41.5 Å². The predicted octanol–water partition coefficient (Wildman–Crippen LogP) is 2.68. The summed E-state index contributed by atoms with van der Waals surface area (Å²) in [5, 5.41) is 2.93. The highest BCUT2D eigenvalue weighted by Crippen LogP contribution is 2.65. The maximum atomic E-state index is 13.1. The van der Waals surface area contributed by atoms with E-state index in [2.05, 4.69) is 17.5 Å². The number of para-hydroxylation sites is 1. The monoisotopic (exact) mass is 364 g/mol. The third-order valence-corrected chi connectivity index (χ3v) is 7.19. The molecule has 2 bridgehead atoms. The summed E-state index contributed by atoms with van der Waals surface area (Å²) in [4.78, 5) is 40.4. The van der Waals surface area contributed by atoms with Crippen LogP contribution in [0.25, 0.3) is 0 Å². The van der Waals surface area contributed by atoms with Crippen LogP contribution in [0.5, 0.6) is 0 Å². The summed E-state index contributed by atoms with van der Waals surface area (Å²) in [5.41, 5.74) is 2.69. The molecule has 0 radical (unpaired) electrons. The first-order valence-corrected chi connectivity index (χ1v) is 9.82. The molecule has 5 aliphatic rings. The number of imide groups is 1. The van der Waals surface area contributed by atoms with Crippen LogP contribution in [0.1, 0.15) is 24.5 Å². The molecular weight excluding hydrogens is 340 g/mol. The average molecular weight is 364 g/mol. The number of hydrogen-bond acceptors (Lipinski definition) is 3. The summed E-state index contributed by atoms with van der Waals surface area (Å²) in [5.74, 6) is 0.364. The molecule has 0 spiro atoms. The first-order chi connectivity index (χ1) is 12.9. The van der Waals surface area contributed by atoms with Crippen molar-refractivity contribution in [3.8, 4) is 0 Å². The zero-order chi connectivity index (χ0) is 19.0. The Bertz CT molecular complexity index is 849. The molecule has 140 valence electrons. The van der Waals surface area contributed by atoms with Gasteiger partial charge in [0.15, 0.2) is 0 Å². The fraction of sp³-hybridized carbons (Fsp3) is 0.500. The Morgan fingerprint density at radius 3 is 2.07 bits per heavy atom. The van der Waals surface area contributed by atoms with E-state index in [1.807, 2.05) is 32.0 Å². The van der Waals surface area contributed by atoms with E-state index in [1.165, 1.54) is 4.90 Å². The quantitative estimate of drug-likeness (QED) is 0.662. The molecule has 1 aromatic carbocycles. The summed E-state index contributed by atoms with van der Waals surface area (Å²) < 4.78 is 0. The molecule has 1 N–H and O–H groups in total. The summed E-state index contributed by atoms with van der Waals surface area (Å²) in [6.45, 7) is 5.53. The van der Waals surface area contributed by atoms with Gasteiger partial charge in [0.05, 0.1) is 11.8 Å². The molecule has 27 heavy (non-hydrogen) atoms. The number of hydrogen-bond donors (Lipinski definition) is 1. The van der Waals surface area contributed by atoms with Crippen LogP contribution >= 0.6 is 0 Å². The lowest BCUT2D eigenvalue weighted by Gasteiger charge is -2.37. The average Bonchev–Trinajstić information content (AvgIpc) is 3.42. The van der Waals surface area contributed by atoms with Gasteiger partial charge < -0.3 is 5.32 Å². The minimum absolute atomic E-state index is 0.154. The summed E-state index contributed by atoms with van der Waals surface area (Å²) in [6, 6.07) is 5.01. The summed E-state index contributed by atoms with van der Waals surface area (Å²) in [7, 11) is 0. The van der Waals surface area contributed by atoms with Gasteiger partial charge in [-0.15, -0.1) is 0 Å². The van der Waals surface area contributed by atoms with Crippen LogP contribution in [0.15, 0.2) is 30.4 Å². The van der Waals surface area contributed by atoms with Gasteiger partial charge in [-0.1, -0.05) is 30.4 Å². The van der Waals surface area contributed by atoms with Crippen molar-refractivity contribution in [2.75, 3.05) is 5.32 Å². The van der Waals surface area contributed by atoms with Crippen LogP contribution in [-0.4, -0.2) is 28.7 Å². The Morgan fingerprint density at radius 1 is 1.04 bits per heavy atom. The highest BCUT2D eigenvalue weighted by molar-refractivity contribution is 6.10. The largest absolute Gasteiger partial charge is 0.324 e. The van der Waals surface area contributed by atoms with E-state index in [0.717, 1.165) is 23.2 Å². The molecule has 1 aromatic rings. The summed E-state index contributed by atoms with van der Waals surface area (Å²) in [6.07, 6.45) is 5.44. The molecule has 2 saturated carbocycles. The third kappa shape index (κ3) is 2.20. The number of benzene rings is 1. The summed E-state index contributed by atoms with van der Waals surface area (Å²) >= 11 is 0. The molecule has 1 aliphatic heterocycles. The van der Waals surface area contributed by atoms with Gasteiger partial charge in [-0.3, -0.25) is 19.3 Å². The molecule has 1 saturated heterocycles. The van der Waals surface area contributed by atoms with Crippen LogP contribution in [0, 0.1) is 49.4 Å². The zero-order valence-corrected chi connectivity index (χ0v) is 15.8. The number of allylic oxidation sites excluding steroid dienone is 2. The lowest BCUT2D eigenvalue weighted by atomic mass is 9.63. The normalized spacial score (nSPS) is 36.5. The second-order valence-electron chi connectivity index (χ2n) is 8.63. The molecule has 6 rings (SSSR count). The smallest absolute Gasteiger partial charge is 0.247 e. The van der Waals surface area contributed by atoms with E-state index >= 15 is 0 Å². The van der Waals surface area contributed by atoms with Gasteiger partial charge in [0, 0.05) is 5.69 Å². The molecule has 1 heterocycles. The van der Waals surface area contributed by atoms with E-state index in [4.69, 9.17) is 0 Å². The Kier molecular flexibility index (Phi) is 3.43. The van der Waals surface area contributed by atoms with E-state index < -0.39 is 6.04 Å². The highest BCUT2D eigenvalue weighted by atomic mass is 16.2. The SMILES string of the molecule is Cc1cccc(C)c1NC(=O)[C@@H](C)N1C(=O)[C@@H]2[C@@H]3C=C[C@H]([C@H]4C[C@@H]34)[C@@H]2C1=O. The molecule has 5 heteroatoms. The number of likely N-dealkylation sites (tertiary alicyclic amines) is 1. The number of amides is 3. The van der Waals surface area contributed by atoms with Gasteiger partial charge in [-0.2, -0.15) is 0 Å². The maximum Gasteiger partial charge on any atom is 0.247 e. The number of aryl methyl sites for hydroxylation is 2. The first kappa shape index (κ1) is 16.7. The molecule has 3 amide bonds. The van der Waals surface area contributed by atoms with Crippen LogP contribution in [0.3, 0.4) is 0 Å². The topological polar surface area (TPSA) is 66.5 Å². The second kappa shape index (κ2) is 5.54. The molecule has 3 fully saturated rings. The van der Waals surface area contributed by atoms with E-state index in [-0.39, 0.29) is 41.4 Å². The lowest BCUT2D eigenvalue weighted by Crippen LogP contribution is -2.46. The molecule has 5 nitrogen and oxygen atoms in total. The van der Waals surface area contributed by atoms with Gasteiger partial charge in [-0.25, -0.2) is 0 Å². The Labute approximate surface area is 158 Å². The van der Waals surface area contributed by atoms with Crippen molar-refractivity contribution < 1.29 is 14.4 Å². The fourth-order valence-electron chi connectivity index (χ4n) is 5.72. The number of carbonyl (C=O) groups excluding carboxylic acids is 3. The predicted molar refractivity (Wildman–Crippen MR) is 101 cm³/mol. The third-order valence-electron chi connectivity index (χ3n) is 7.19. The second-order valence-corrected chi connectivity index (χ2v) is 8.63. The zero-order valence-electron chi connectivity index (χ0n) is 15.8. The molecule has 0 unspecified atom stereocenters. The Morgan fingerprint density at radius 2 is 1.56 bits per heavy atom. The van der Waals surface area contributed by atoms with Gasteiger partial charge in [0.1, 0.15) is 6.04 Å². The molecule has 7 atom stereocenters. The van der Waals surface area contributed by atoms with Crippen molar-refractivity contribution in [2.24, 2.45) is 35.5 Å². The molecule has 0 aromatic heterocycles. The van der Waals surface area contributed by atoms with Gasteiger partial charge in [0.2, 0.25) is 17.7 Å². The minimum Gasteiger partial charge on any atom is -0.324 e. The minimum atomic E-state index is -0.801. The standard InChI is InChI=1S/C22H24N2O3/c1-10-5-4-6-11(2)19(10)23-20(25)12(3)24-21(26)17-13-7-8-14(16-9-15(13)16)18(17)22(24)27/h4-8,12-18H,9H2,1-3H3,(H,23,25)/t12-,13-,14-,15-,16+,17+,18-/m1/s1. The van der Waals surface area contributed by atoms with Crippen LogP contribution in [-0.2, 0) is 14.4 Å². The van der Waals surface area contributed by atoms with E-state index in [1.54, 1.807) is 6.92 Å². The number of anilines is 1. The Balaban J connectivity index is 1.40. The highest BCUT2D eigenvalue weighted by Gasteiger charge is 2.67. The van der Waals surface area contributed by atoms with Crippen molar-refractivity contribution in [3.63, 3.8) is 0 Å². The Hall–Kier alpha value is -2.43. The van der Waals surface area contributed by atoms with Crippen molar-refractivity contribution in [2.45, 2.75) is 33.2 Å². The van der Waals surface area contributed by atoms with Crippen molar-refractivity contribution in [1.29, 1.82) is 0 Å². The van der Waals surface area contributed by atoms with Crippen molar-refractivity contribution in [1.82, 2.24) is 4.90 Å². The number of nitrogens with one attached hydrogen (secondary N) is 1. The molecular formula is C22H24N2O3. The number of nitrogens with zero attached hydrogens (tertiary/aromatic N) is 1. The van der Waals surface area contributed by atoms with Crippen LogP contribution in [0.4, 0.5) is 5.69 Å². The van der Waals surface area contributed by atoms with E-state index in [9.17, 15) is 14.4 Å². The number of rotatable bonds is 3. The van der Waals surface area contributed by atoms with Crippen molar-refractivity contribution >= 4 is 23.4 Å². The van der Waals surface area contributed by atoms with E-state index in [0.29, 0.717) is 11.8 Å². The van der Waals surface area contributed by atoms with Gasteiger partial charge in [-0.05, 0) is 62.0 Å². The van der Waals surface area contributed by atoms with Gasteiger partial charge in [0.25, 0.3) is 0 Å². The van der Waals surface area contributed by atoms with Crippen LogP contribution < -0.4 is 5.32 Å². The van der Waals surface area contributed by atoms with Crippen LogP contribution in [0.2, 0.25) is 0 Å². The first-order valence-electron chi connectivity index (χ1n) is 9.82.